The fourth-order valence-electron chi connectivity index (χ4n) is 1.17. The van der Waals surface area contributed by atoms with Crippen molar-refractivity contribution < 1.29 is 14.3 Å². The summed E-state index contributed by atoms with van der Waals surface area (Å²) in [4.78, 5) is 11.6. The van der Waals surface area contributed by atoms with Crippen molar-refractivity contribution in [2.45, 2.75) is 6.92 Å². The van der Waals surface area contributed by atoms with E-state index in [0.29, 0.717) is 17.1 Å². The molecular weight excluding hydrogens is 248 g/mol. The van der Waals surface area contributed by atoms with Crippen LogP contribution in [0, 0.1) is 17.8 Å². The molecule has 18 heavy (non-hydrogen) atoms. The fraction of sp³-hybridized carbons (Fsp3) is 0.357. The van der Waals surface area contributed by atoms with Gasteiger partial charge in [-0.05, 0) is 24.3 Å². The van der Waals surface area contributed by atoms with Gasteiger partial charge in [-0.3, -0.25) is 0 Å². The van der Waals surface area contributed by atoms with Gasteiger partial charge in [0.05, 0.1) is 12.7 Å². The van der Waals surface area contributed by atoms with Gasteiger partial charge in [-0.15, -0.1) is 0 Å². The Hall–Kier alpha value is -1.60. The fourth-order valence-corrected chi connectivity index (χ4v) is 1.26. The molecule has 0 radical (unpaired) electrons. The highest BCUT2D eigenvalue weighted by Gasteiger charge is 2.05. The summed E-state index contributed by atoms with van der Waals surface area (Å²) in [7, 11) is 1.57. The minimum atomic E-state index is -0.384. The van der Waals surface area contributed by atoms with Crippen LogP contribution in [0.1, 0.15) is 17.3 Å². The molecule has 96 valence electrons. The average molecular weight is 264 g/mol. The first kappa shape index (κ1) is 14.5. The molecule has 3 nitrogen and oxygen atoms in total. The van der Waals surface area contributed by atoms with E-state index in [9.17, 15) is 4.79 Å². The second-order valence-electron chi connectivity index (χ2n) is 3.71. The van der Waals surface area contributed by atoms with E-state index >= 15 is 0 Å². The van der Waals surface area contributed by atoms with Gasteiger partial charge in [-0.2, -0.15) is 12.6 Å². The van der Waals surface area contributed by atoms with Crippen molar-refractivity contribution in [1.82, 2.24) is 0 Å². The zero-order chi connectivity index (χ0) is 13.4. The third-order valence-electron chi connectivity index (χ3n) is 2.22. The molecule has 0 aliphatic heterocycles. The number of ether oxygens (including phenoxy) is 2. The van der Waals surface area contributed by atoms with Crippen LogP contribution in [0.25, 0.3) is 0 Å². The first-order valence-electron chi connectivity index (χ1n) is 5.57. The van der Waals surface area contributed by atoms with Gasteiger partial charge >= 0.3 is 5.97 Å². The Kier molecular flexibility index (Phi) is 6.16. The van der Waals surface area contributed by atoms with Crippen molar-refractivity contribution in [2.24, 2.45) is 5.92 Å². The summed E-state index contributed by atoms with van der Waals surface area (Å²) in [6.07, 6.45) is 0. The Morgan fingerprint density at radius 3 is 2.61 bits per heavy atom. The van der Waals surface area contributed by atoms with E-state index in [1.54, 1.807) is 31.4 Å². The second kappa shape index (κ2) is 7.67. The Labute approximate surface area is 113 Å². The molecule has 4 heteroatoms. The smallest absolute Gasteiger partial charge is 0.339 e. The lowest BCUT2D eigenvalue weighted by Crippen LogP contribution is -2.05. The molecule has 1 aromatic carbocycles. The maximum Gasteiger partial charge on any atom is 0.339 e. The molecule has 0 N–H and O–H groups in total. The number of esters is 1. The van der Waals surface area contributed by atoms with Crippen LogP contribution in [0.4, 0.5) is 0 Å². The Balaban J connectivity index is 2.46. The van der Waals surface area contributed by atoms with Gasteiger partial charge in [0.1, 0.15) is 5.75 Å². The average Bonchev–Trinajstić information content (AvgIpc) is 2.43. The molecule has 0 saturated carbocycles. The summed E-state index contributed by atoms with van der Waals surface area (Å²) in [5.74, 6) is 6.94. The molecule has 0 heterocycles. The van der Waals surface area contributed by atoms with E-state index in [4.69, 9.17) is 9.47 Å². The molecule has 0 amide bonds. The maximum atomic E-state index is 11.6. The minimum absolute atomic E-state index is 0.100. The number of benzene rings is 1. The third kappa shape index (κ3) is 4.72. The van der Waals surface area contributed by atoms with E-state index in [1.807, 2.05) is 6.92 Å². The lowest BCUT2D eigenvalue weighted by Gasteiger charge is -2.02. The Bertz CT molecular complexity index is 442. The topological polar surface area (TPSA) is 35.5 Å². The van der Waals surface area contributed by atoms with Crippen LogP contribution < -0.4 is 4.74 Å². The number of carbonyl (C=O) groups is 1. The van der Waals surface area contributed by atoms with Crippen LogP contribution in [0.2, 0.25) is 0 Å². The molecule has 0 aliphatic carbocycles. The van der Waals surface area contributed by atoms with E-state index in [2.05, 4.69) is 24.5 Å². The first-order valence-corrected chi connectivity index (χ1v) is 6.21. The second-order valence-corrected chi connectivity index (χ2v) is 4.07. The van der Waals surface area contributed by atoms with Crippen molar-refractivity contribution in [3.63, 3.8) is 0 Å². The number of carbonyl (C=O) groups excluding carboxylic acids is 1. The molecule has 0 spiro atoms. The molecule has 0 aromatic heterocycles. The number of hydrogen-bond acceptors (Lipinski definition) is 4. The van der Waals surface area contributed by atoms with Crippen molar-refractivity contribution in [3.05, 3.63) is 29.8 Å². The highest BCUT2D eigenvalue weighted by atomic mass is 32.1. The zero-order valence-corrected chi connectivity index (χ0v) is 11.4. The van der Waals surface area contributed by atoms with E-state index in [0.717, 1.165) is 0 Å². The zero-order valence-electron chi connectivity index (χ0n) is 10.5. The summed E-state index contributed by atoms with van der Waals surface area (Å²) in [5.41, 5.74) is 0.486. The van der Waals surface area contributed by atoms with Crippen LogP contribution in [0.3, 0.4) is 0 Å². The van der Waals surface area contributed by atoms with E-state index in [-0.39, 0.29) is 18.5 Å². The van der Waals surface area contributed by atoms with Crippen molar-refractivity contribution in [2.75, 3.05) is 19.5 Å². The van der Waals surface area contributed by atoms with Crippen LogP contribution in [0.5, 0.6) is 5.75 Å². The minimum Gasteiger partial charge on any atom is -0.497 e. The summed E-state index contributed by atoms with van der Waals surface area (Å²) in [6.45, 7) is 2.06. The predicted octanol–water partition coefficient (Wildman–Crippen LogP) is 2.42. The summed E-state index contributed by atoms with van der Waals surface area (Å²) < 4.78 is 10.0. The molecule has 1 aromatic rings. The van der Waals surface area contributed by atoms with Gasteiger partial charge < -0.3 is 9.47 Å². The molecule has 1 atom stereocenters. The molecule has 0 bridgehead atoms. The molecule has 0 fully saturated rings. The van der Waals surface area contributed by atoms with Crippen LogP contribution in [0.15, 0.2) is 24.3 Å². The highest BCUT2D eigenvalue weighted by Crippen LogP contribution is 2.11. The SMILES string of the molecule is COc1ccc(C(=O)OCC#CC(C)CS)cc1. The van der Waals surface area contributed by atoms with Crippen LogP contribution in [-0.2, 0) is 4.74 Å². The van der Waals surface area contributed by atoms with Gasteiger partial charge in [0.25, 0.3) is 0 Å². The maximum absolute atomic E-state index is 11.6. The summed E-state index contributed by atoms with van der Waals surface area (Å²) in [5, 5.41) is 0. The van der Waals surface area contributed by atoms with Crippen molar-refractivity contribution in [1.29, 1.82) is 0 Å². The number of methoxy groups -OCH3 is 1. The van der Waals surface area contributed by atoms with Gasteiger partial charge in [-0.25, -0.2) is 4.79 Å². The van der Waals surface area contributed by atoms with Gasteiger partial charge in [0.2, 0.25) is 0 Å². The molecule has 1 rings (SSSR count). The van der Waals surface area contributed by atoms with Crippen molar-refractivity contribution in [3.8, 4) is 17.6 Å². The van der Waals surface area contributed by atoms with Gasteiger partial charge in [0.15, 0.2) is 6.61 Å². The molecule has 0 aliphatic rings. The lowest BCUT2D eigenvalue weighted by atomic mass is 10.2. The molecular formula is C14H16O3S. The van der Waals surface area contributed by atoms with Crippen LogP contribution >= 0.6 is 12.6 Å². The third-order valence-corrected chi connectivity index (χ3v) is 2.77. The number of rotatable bonds is 4. The number of hydrogen-bond donors (Lipinski definition) is 1. The van der Waals surface area contributed by atoms with Gasteiger partial charge in [-0.1, -0.05) is 18.8 Å². The normalized spacial score (nSPS) is 11.1. The highest BCUT2D eigenvalue weighted by molar-refractivity contribution is 7.80. The first-order chi connectivity index (χ1) is 8.67. The monoisotopic (exact) mass is 264 g/mol. The standard InChI is InChI=1S/C14H16O3S/c1-11(10-18)4-3-9-17-14(15)12-5-7-13(16-2)8-6-12/h5-8,11,18H,9-10H2,1-2H3. The van der Waals surface area contributed by atoms with Crippen LogP contribution in [-0.4, -0.2) is 25.4 Å². The Morgan fingerprint density at radius 2 is 2.06 bits per heavy atom. The lowest BCUT2D eigenvalue weighted by molar-refractivity contribution is 0.0556. The molecule has 1 unspecified atom stereocenters. The number of thiol groups is 1. The predicted molar refractivity (Wildman–Crippen MR) is 74.1 cm³/mol. The van der Waals surface area contributed by atoms with E-state index < -0.39 is 0 Å². The van der Waals surface area contributed by atoms with Crippen molar-refractivity contribution >= 4 is 18.6 Å². The largest absolute Gasteiger partial charge is 0.497 e. The summed E-state index contributed by atoms with van der Waals surface area (Å²) in [6, 6.07) is 6.74. The van der Waals surface area contributed by atoms with E-state index in [1.165, 1.54) is 0 Å². The quantitative estimate of drug-likeness (QED) is 0.515. The summed E-state index contributed by atoms with van der Waals surface area (Å²) >= 11 is 4.11. The molecule has 0 saturated heterocycles. The van der Waals surface area contributed by atoms with Gasteiger partial charge in [0, 0.05) is 11.7 Å². The Morgan fingerprint density at radius 1 is 1.39 bits per heavy atom.